The number of carbonyl (C=O) groups excluding carboxylic acids is 1. The van der Waals surface area contributed by atoms with Gasteiger partial charge in [-0.05, 0) is 36.4 Å². The third kappa shape index (κ3) is 4.09. The van der Waals surface area contributed by atoms with Crippen LogP contribution in [0.1, 0.15) is 24.4 Å². The average Bonchev–Trinajstić information content (AvgIpc) is 3.20. The molecular weight excluding hydrogens is 419 g/mol. The van der Waals surface area contributed by atoms with Gasteiger partial charge in [0.2, 0.25) is 5.91 Å². The van der Waals surface area contributed by atoms with Gasteiger partial charge in [-0.2, -0.15) is 0 Å². The number of thioether (sulfide) groups is 1. The molecule has 0 unspecified atom stereocenters. The van der Waals surface area contributed by atoms with Gasteiger partial charge in [-0.15, -0.1) is 21.5 Å². The van der Waals surface area contributed by atoms with Crippen LogP contribution in [-0.4, -0.2) is 38.4 Å². The van der Waals surface area contributed by atoms with Gasteiger partial charge in [-0.25, -0.2) is 4.39 Å². The van der Waals surface area contributed by atoms with Gasteiger partial charge >= 0.3 is 0 Å². The SMILES string of the molecule is CN(Cc1c(F)cccc1Cl)C(=O)CSc1nnc(-c2cccs2)n1C1CC1. The average molecular weight is 437 g/mol. The van der Waals surface area contributed by atoms with Gasteiger partial charge in [0.1, 0.15) is 5.82 Å². The van der Waals surface area contributed by atoms with Crippen molar-refractivity contribution in [2.45, 2.75) is 30.6 Å². The molecule has 1 aliphatic rings. The number of rotatable bonds is 7. The molecule has 4 rings (SSSR count). The first-order valence-corrected chi connectivity index (χ1v) is 11.1. The number of thiophene rings is 1. The largest absolute Gasteiger partial charge is 0.341 e. The summed E-state index contributed by atoms with van der Waals surface area (Å²) in [7, 11) is 1.65. The first-order valence-electron chi connectivity index (χ1n) is 8.83. The summed E-state index contributed by atoms with van der Waals surface area (Å²) in [5.41, 5.74) is 0.325. The number of carbonyl (C=O) groups is 1. The summed E-state index contributed by atoms with van der Waals surface area (Å²) >= 11 is 9.05. The summed E-state index contributed by atoms with van der Waals surface area (Å²) < 4.78 is 16.1. The Morgan fingerprint density at radius 1 is 1.36 bits per heavy atom. The van der Waals surface area contributed by atoms with Crippen molar-refractivity contribution in [3.63, 3.8) is 0 Å². The third-order valence-electron chi connectivity index (χ3n) is 4.53. The molecule has 1 aromatic carbocycles. The van der Waals surface area contributed by atoms with Crippen molar-refractivity contribution in [3.05, 3.63) is 52.1 Å². The zero-order valence-electron chi connectivity index (χ0n) is 15.1. The molecule has 0 saturated heterocycles. The van der Waals surface area contributed by atoms with Crippen LogP contribution in [0.4, 0.5) is 4.39 Å². The van der Waals surface area contributed by atoms with Crippen LogP contribution in [0.2, 0.25) is 5.02 Å². The molecule has 2 heterocycles. The summed E-state index contributed by atoms with van der Waals surface area (Å²) in [6.45, 7) is 0.126. The maximum atomic E-state index is 14.0. The lowest BCUT2D eigenvalue weighted by atomic mass is 10.2. The lowest BCUT2D eigenvalue weighted by Gasteiger charge is -2.18. The number of nitrogens with zero attached hydrogens (tertiary/aromatic N) is 4. The van der Waals surface area contributed by atoms with E-state index in [-0.39, 0.29) is 18.2 Å². The second kappa shape index (κ2) is 8.23. The van der Waals surface area contributed by atoms with E-state index < -0.39 is 5.82 Å². The van der Waals surface area contributed by atoms with E-state index in [1.807, 2.05) is 17.5 Å². The van der Waals surface area contributed by atoms with Gasteiger partial charge < -0.3 is 4.90 Å². The molecule has 28 heavy (non-hydrogen) atoms. The molecule has 1 saturated carbocycles. The van der Waals surface area contributed by atoms with Crippen LogP contribution in [0.5, 0.6) is 0 Å². The monoisotopic (exact) mass is 436 g/mol. The Morgan fingerprint density at radius 3 is 2.86 bits per heavy atom. The quantitative estimate of drug-likeness (QED) is 0.495. The van der Waals surface area contributed by atoms with Crippen molar-refractivity contribution in [3.8, 4) is 10.7 Å². The molecule has 1 fully saturated rings. The fourth-order valence-corrected chi connectivity index (χ4v) is 4.73. The summed E-state index contributed by atoms with van der Waals surface area (Å²) in [5, 5.41) is 11.7. The molecule has 0 spiro atoms. The highest BCUT2D eigenvalue weighted by atomic mass is 35.5. The summed E-state index contributed by atoms with van der Waals surface area (Å²) in [4.78, 5) is 15.1. The lowest BCUT2D eigenvalue weighted by Crippen LogP contribution is -2.28. The molecule has 0 aliphatic heterocycles. The van der Waals surface area contributed by atoms with E-state index in [2.05, 4.69) is 14.8 Å². The molecule has 0 bridgehead atoms. The Bertz CT molecular complexity index is 968. The molecular formula is C19H18ClFN4OS2. The number of hydrogen-bond acceptors (Lipinski definition) is 5. The molecule has 3 aromatic rings. The predicted octanol–water partition coefficient (Wildman–Crippen LogP) is 4.88. The maximum absolute atomic E-state index is 14.0. The second-order valence-corrected chi connectivity index (χ2v) is 8.92. The molecule has 5 nitrogen and oxygen atoms in total. The highest BCUT2D eigenvalue weighted by Gasteiger charge is 2.30. The standard InChI is InChI=1S/C19H18ClFN4OS2/c1-24(10-13-14(20)4-2-5-15(13)21)17(26)11-28-19-23-22-18(16-6-3-9-27-16)25(19)12-7-8-12/h2-6,9,12H,7-8,10-11H2,1H3. The van der Waals surface area contributed by atoms with Gasteiger partial charge in [0.15, 0.2) is 11.0 Å². The molecule has 2 aromatic heterocycles. The van der Waals surface area contributed by atoms with Gasteiger partial charge in [-0.3, -0.25) is 9.36 Å². The van der Waals surface area contributed by atoms with E-state index in [0.717, 1.165) is 28.7 Å². The first-order chi connectivity index (χ1) is 13.5. The topological polar surface area (TPSA) is 51.0 Å². The Kier molecular flexibility index (Phi) is 5.70. The van der Waals surface area contributed by atoms with Crippen molar-refractivity contribution in [1.82, 2.24) is 19.7 Å². The van der Waals surface area contributed by atoms with Gasteiger partial charge in [0, 0.05) is 30.2 Å². The lowest BCUT2D eigenvalue weighted by molar-refractivity contribution is -0.127. The Hall–Kier alpha value is -1.90. The summed E-state index contributed by atoms with van der Waals surface area (Å²) in [6, 6.07) is 8.94. The van der Waals surface area contributed by atoms with Crippen LogP contribution in [0, 0.1) is 5.82 Å². The van der Waals surface area contributed by atoms with E-state index in [4.69, 9.17) is 11.6 Å². The van der Waals surface area contributed by atoms with Crippen molar-refractivity contribution in [1.29, 1.82) is 0 Å². The second-order valence-electron chi connectivity index (χ2n) is 6.62. The molecule has 0 radical (unpaired) electrons. The first kappa shape index (κ1) is 19.4. The normalized spacial score (nSPS) is 13.7. The fraction of sp³-hybridized carbons (Fsp3) is 0.316. The van der Waals surface area contributed by atoms with Crippen molar-refractivity contribution in [2.24, 2.45) is 0 Å². The van der Waals surface area contributed by atoms with Crippen LogP contribution in [0.25, 0.3) is 10.7 Å². The molecule has 1 amide bonds. The van der Waals surface area contributed by atoms with Crippen LogP contribution < -0.4 is 0 Å². The third-order valence-corrected chi connectivity index (χ3v) is 6.67. The molecule has 0 N–H and O–H groups in total. The van der Waals surface area contributed by atoms with E-state index >= 15 is 0 Å². The molecule has 1 aliphatic carbocycles. The molecule has 9 heteroatoms. The Balaban J connectivity index is 1.44. The number of aromatic nitrogens is 3. The van der Waals surface area contributed by atoms with Gasteiger partial charge in [-0.1, -0.05) is 35.5 Å². The highest BCUT2D eigenvalue weighted by Crippen LogP contribution is 2.41. The van der Waals surface area contributed by atoms with Crippen molar-refractivity contribution in [2.75, 3.05) is 12.8 Å². The minimum atomic E-state index is -0.408. The summed E-state index contributed by atoms with van der Waals surface area (Å²) in [5.74, 6) is 0.540. The van der Waals surface area contributed by atoms with Crippen LogP contribution >= 0.6 is 34.7 Å². The van der Waals surface area contributed by atoms with E-state index in [0.29, 0.717) is 16.6 Å². The van der Waals surface area contributed by atoms with Crippen molar-refractivity contribution >= 4 is 40.6 Å². The fourth-order valence-electron chi connectivity index (χ4n) is 2.86. The number of amides is 1. The number of benzene rings is 1. The smallest absolute Gasteiger partial charge is 0.233 e. The molecule has 146 valence electrons. The van der Waals surface area contributed by atoms with E-state index in [1.165, 1.54) is 22.7 Å². The molecule has 0 atom stereocenters. The predicted molar refractivity (Wildman–Crippen MR) is 110 cm³/mol. The van der Waals surface area contributed by atoms with E-state index in [1.54, 1.807) is 30.5 Å². The van der Waals surface area contributed by atoms with Crippen LogP contribution in [0.3, 0.4) is 0 Å². The van der Waals surface area contributed by atoms with E-state index in [9.17, 15) is 9.18 Å². The van der Waals surface area contributed by atoms with Gasteiger partial charge in [0.05, 0.1) is 10.6 Å². The Labute approximate surface area is 175 Å². The Morgan fingerprint density at radius 2 is 2.18 bits per heavy atom. The number of hydrogen-bond donors (Lipinski definition) is 0. The highest BCUT2D eigenvalue weighted by molar-refractivity contribution is 7.99. The van der Waals surface area contributed by atoms with Gasteiger partial charge in [0.25, 0.3) is 0 Å². The van der Waals surface area contributed by atoms with Crippen LogP contribution in [-0.2, 0) is 11.3 Å². The minimum Gasteiger partial charge on any atom is -0.341 e. The summed E-state index contributed by atoms with van der Waals surface area (Å²) in [6.07, 6.45) is 2.20. The number of halogens is 2. The minimum absolute atomic E-state index is 0.118. The van der Waals surface area contributed by atoms with Crippen molar-refractivity contribution < 1.29 is 9.18 Å². The zero-order valence-corrected chi connectivity index (χ0v) is 17.5. The maximum Gasteiger partial charge on any atom is 0.233 e. The zero-order chi connectivity index (χ0) is 19.7. The van der Waals surface area contributed by atoms with Crippen LogP contribution in [0.15, 0.2) is 40.9 Å².